The standard InChI is InChI=1S/C14H15N3O/c1-3-7-10(4-2)15-14(18)13-11-8-5-6-9-12(11)16-17-13/h2,5-6,8-10H,3,7H2,1H3,(H,15,18)(H,16,17). The average Bonchev–Trinajstić information content (AvgIpc) is 2.82. The molecule has 0 aliphatic rings. The minimum atomic E-state index is -0.238. The second-order valence-corrected chi connectivity index (χ2v) is 4.10. The monoisotopic (exact) mass is 241 g/mol. The summed E-state index contributed by atoms with van der Waals surface area (Å²) < 4.78 is 0. The molecule has 92 valence electrons. The molecule has 1 aromatic carbocycles. The van der Waals surface area contributed by atoms with Gasteiger partial charge in [-0.1, -0.05) is 37.5 Å². The van der Waals surface area contributed by atoms with Gasteiger partial charge in [-0.2, -0.15) is 5.10 Å². The Morgan fingerprint density at radius 2 is 2.33 bits per heavy atom. The number of fused-ring (bicyclic) bond motifs is 1. The first kappa shape index (κ1) is 12.2. The number of terminal acetylenes is 1. The largest absolute Gasteiger partial charge is 0.337 e. The SMILES string of the molecule is C#CC(CCC)NC(=O)c1n[nH]c2ccccc12. The zero-order valence-electron chi connectivity index (χ0n) is 10.2. The molecule has 0 aliphatic carbocycles. The first-order chi connectivity index (χ1) is 8.76. The third-order valence-electron chi connectivity index (χ3n) is 2.77. The minimum absolute atomic E-state index is 0.233. The lowest BCUT2D eigenvalue weighted by Crippen LogP contribution is -2.33. The molecular weight excluding hydrogens is 226 g/mol. The summed E-state index contributed by atoms with van der Waals surface area (Å²) in [6.07, 6.45) is 7.08. The summed E-state index contributed by atoms with van der Waals surface area (Å²) in [5.74, 6) is 2.34. The molecule has 0 aliphatic heterocycles. The van der Waals surface area contributed by atoms with Crippen molar-refractivity contribution >= 4 is 16.8 Å². The number of nitrogens with zero attached hydrogens (tertiary/aromatic N) is 1. The molecule has 4 nitrogen and oxygen atoms in total. The Morgan fingerprint density at radius 1 is 1.56 bits per heavy atom. The molecule has 2 N–H and O–H groups in total. The quantitative estimate of drug-likeness (QED) is 0.805. The summed E-state index contributed by atoms with van der Waals surface area (Å²) >= 11 is 0. The lowest BCUT2D eigenvalue weighted by Gasteiger charge is -2.10. The number of hydrogen-bond donors (Lipinski definition) is 2. The number of amides is 1. The Labute approximate surface area is 106 Å². The predicted octanol–water partition coefficient (Wildman–Crippen LogP) is 2.09. The maximum absolute atomic E-state index is 12.1. The van der Waals surface area contributed by atoms with Crippen LogP contribution in [0.4, 0.5) is 0 Å². The van der Waals surface area contributed by atoms with E-state index in [4.69, 9.17) is 6.42 Å². The number of rotatable bonds is 4. The van der Waals surface area contributed by atoms with Gasteiger partial charge in [-0.15, -0.1) is 6.42 Å². The maximum Gasteiger partial charge on any atom is 0.273 e. The third kappa shape index (κ3) is 2.35. The molecule has 1 aromatic heterocycles. The van der Waals surface area contributed by atoms with E-state index in [-0.39, 0.29) is 11.9 Å². The Morgan fingerprint density at radius 3 is 3.06 bits per heavy atom. The van der Waals surface area contributed by atoms with E-state index < -0.39 is 0 Å². The van der Waals surface area contributed by atoms with E-state index in [1.165, 1.54) is 0 Å². The zero-order chi connectivity index (χ0) is 13.0. The van der Waals surface area contributed by atoms with Crippen LogP contribution in [0.5, 0.6) is 0 Å². The van der Waals surface area contributed by atoms with Crippen LogP contribution < -0.4 is 5.32 Å². The van der Waals surface area contributed by atoms with Gasteiger partial charge in [0, 0.05) is 5.39 Å². The topological polar surface area (TPSA) is 57.8 Å². The van der Waals surface area contributed by atoms with Crippen molar-refractivity contribution in [1.29, 1.82) is 0 Å². The van der Waals surface area contributed by atoms with Gasteiger partial charge in [0.25, 0.3) is 5.91 Å². The number of H-pyrrole nitrogens is 1. The van der Waals surface area contributed by atoms with Crippen LogP contribution in [0.1, 0.15) is 30.3 Å². The Hall–Kier alpha value is -2.28. The zero-order valence-corrected chi connectivity index (χ0v) is 10.2. The number of benzene rings is 1. The van der Waals surface area contributed by atoms with Crippen molar-refractivity contribution in [2.24, 2.45) is 0 Å². The highest BCUT2D eigenvalue weighted by Gasteiger charge is 2.16. The normalized spacial score (nSPS) is 12.0. The average molecular weight is 241 g/mol. The molecule has 18 heavy (non-hydrogen) atoms. The van der Waals surface area contributed by atoms with E-state index in [1.54, 1.807) is 0 Å². The first-order valence-electron chi connectivity index (χ1n) is 5.96. The molecule has 2 rings (SSSR count). The van der Waals surface area contributed by atoms with Crippen molar-refractivity contribution in [3.63, 3.8) is 0 Å². The highest BCUT2D eigenvalue weighted by atomic mass is 16.2. The van der Waals surface area contributed by atoms with Gasteiger partial charge >= 0.3 is 0 Å². The van der Waals surface area contributed by atoms with Crippen molar-refractivity contribution in [1.82, 2.24) is 15.5 Å². The van der Waals surface area contributed by atoms with Gasteiger partial charge < -0.3 is 5.32 Å². The van der Waals surface area contributed by atoms with Crippen molar-refractivity contribution in [3.8, 4) is 12.3 Å². The third-order valence-corrected chi connectivity index (χ3v) is 2.77. The number of nitrogens with one attached hydrogen (secondary N) is 2. The van der Waals surface area contributed by atoms with Gasteiger partial charge in [0.05, 0.1) is 11.6 Å². The van der Waals surface area contributed by atoms with Crippen LogP contribution in [0.15, 0.2) is 24.3 Å². The minimum Gasteiger partial charge on any atom is -0.337 e. The van der Waals surface area contributed by atoms with Gasteiger partial charge in [0.15, 0.2) is 5.69 Å². The molecule has 0 fully saturated rings. The van der Waals surface area contributed by atoms with Crippen LogP contribution in [0.25, 0.3) is 10.9 Å². The predicted molar refractivity (Wildman–Crippen MR) is 71.1 cm³/mol. The van der Waals surface area contributed by atoms with E-state index in [0.29, 0.717) is 5.69 Å². The van der Waals surface area contributed by atoms with E-state index in [2.05, 4.69) is 21.4 Å². The molecule has 1 atom stereocenters. The molecule has 0 bridgehead atoms. The molecule has 0 radical (unpaired) electrons. The summed E-state index contributed by atoms with van der Waals surface area (Å²) in [4.78, 5) is 12.1. The molecule has 0 spiro atoms. The summed E-state index contributed by atoms with van der Waals surface area (Å²) in [5, 5.41) is 10.5. The number of carbonyl (C=O) groups excluding carboxylic acids is 1. The Kier molecular flexibility index (Phi) is 3.63. The van der Waals surface area contributed by atoms with Gasteiger partial charge in [-0.25, -0.2) is 0 Å². The second kappa shape index (κ2) is 5.37. The number of para-hydroxylation sites is 1. The van der Waals surface area contributed by atoms with E-state index in [1.807, 2.05) is 31.2 Å². The van der Waals surface area contributed by atoms with Crippen LogP contribution in [-0.2, 0) is 0 Å². The molecule has 1 unspecified atom stereocenters. The number of aromatic nitrogens is 2. The van der Waals surface area contributed by atoms with Crippen LogP contribution >= 0.6 is 0 Å². The molecule has 0 saturated heterocycles. The maximum atomic E-state index is 12.1. The van der Waals surface area contributed by atoms with Gasteiger partial charge in [0.2, 0.25) is 0 Å². The van der Waals surface area contributed by atoms with Gasteiger partial charge in [0.1, 0.15) is 0 Å². The van der Waals surface area contributed by atoms with Crippen molar-refractivity contribution in [2.75, 3.05) is 0 Å². The van der Waals surface area contributed by atoms with Gasteiger partial charge in [-0.05, 0) is 12.5 Å². The number of hydrogen-bond acceptors (Lipinski definition) is 2. The molecule has 2 aromatic rings. The highest BCUT2D eigenvalue weighted by Crippen LogP contribution is 2.15. The van der Waals surface area contributed by atoms with E-state index >= 15 is 0 Å². The van der Waals surface area contributed by atoms with E-state index in [0.717, 1.165) is 23.7 Å². The molecule has 4 heteroatoms. The summed E-state index contributed by atoms with van der Waals surface area (Å²) in [6, 6.07) is 7.27. The van der Waals surface area contributed by atoms with Crippen molar-refractivity contribution in [2.45, 2.75) is 25.8 Å². The fourth-order valence-electron chi connectivity index (χ4n) is 1.85. The van der Waals surface area contributed by atoms with Crippen LogP contribution in [0.2, 0.25) is 0 Å². The van der Waals surface area contributed by atoms with Crippen LogP contribution in [-0.4, -0.2) is 22.1 Å². The van der Waals surface area contributed by atoms with Crippen molar-refractivity contribution in [3.05, 3.63) is 30.0 Å². The smallest absolute Gasteiger partial charge is 0.273 e. The lowest BCUT2D eigenvalue weighted by atomic mass is 10.1. The summed E-state index contributed by atoms with van der Waals surface area (Å²) in [6.45, 7) is 2.03. The fraction of sp³-hybridized carbons (Fsp3) is 0.286. The van der Waals surface area contributed by atoms with Crippen molar-refractivity contribution < 1.29 is 4.79 Å². The highest BCUT2D eigenvalue weighted by molar-refractivity contribution is 6.04. The summed E-state index contributed by atoms with van der Waals surface area (Å²) in [7, 11) is 0. The van der Waals surface area contributed by atoms with Gasteiger partial charge in [-0.3, -0.25) is 9.89 Å². The van der Waals surface area contributed by atoms with Crippen LogP contribution in [0.3, 0.4) is 0 Å². The fourth-order valence-corrected chi connectivity index (χ4v) is 1.85. The molecule has 0 saturated carbocycles. The molecular formula is C14H15N3O. The number of carbonyl (C=O) groups is 1. The molecule has 1 heterocycles. The number of aromatic amines is 1. The van der Waals surface area contributed by atoms with E-state index in [9.17, 15) is 4.79 Å². The molecule has 1 amide bonds. The first-order valence-corrected chi connectivity index (χ1v) is 5.96. The Balaban J connectivity index is 2.21. The Bertz CT molecular complexity index is 594. The second-order valence-electron chi connectivity index (χ2n) is 4.10. The van der Waals surface area contributed by atoms with Crippen LogP contribution in [0, 0.1) is 12.3 Å². The lowest BCUT2D eigenvalue weighted by molar-refractivity contribution is 0.0941. The summed E-state index contributed by atoms with van der Waals surface area (Å²) in [5.41, 5.74) is 1.23.